The van der Waals surface area contributed by atoms with E-state index < -0.39 is 5.97 Å². The van der Waals surface area contributed by atoms with E-state index in [9.17, 15) is 9.59 Å². The number of urea groups is 1. The molecule has 148 valence electrons. The minimum Gasteiger partial charge on any atom is -0.480 e. The molecule has 2 aromatic rings. The van der Waals surface area contributed by atoms with Gasteiger partial charge in [0.15, 0.2) is 5.82 Å². The lowest BCUT2D eigenvalue weighted by Gasteiger charge is -2.42. The van der Waals surface area contributed by atoms with Gasteiger partial charge in [-0.2, -0.15) is 5.10 Å². The van der Waals surface area contributed by atoms with E-state index in [1.165, 1.54) is 23.8 Å². The molecule has 2 aliphatic rings. The lowest BCUT2D eigenvalue weighted by Crippen LogP contribution is -2.55. The molecule has 0 atom stereocenters. The fourth-order valence-corrected chi connectivity index (χ4v) is 3.50. The number of amides is 2. The Bertz CT molecular complexity index is 829. The number of hydrogen-bond donors (Lipinski definition) is 3. The normalized spacial score (nSPS) is 21.2. The molecule has 1 aromatic heterocycles. The number of aliphatic carboxylic acids is 1. The van der Waals surface area contributed by atoms with Crippen LogP contribution >= 0.6 is 0 Å². The van der Waals surface area contributed by atoms with Crippen molar-refractivity contribution in [2.75, 3.05) is 18.4 Å². The van der Waals surface area contributed by atoms with Crippen molar-refractivity contribution in [3.63, 3.8) is 0 Å². The number of rotatable bonds is 8. The van der Waals surface area contributed by atoms with Crippen LogP contribution in [0.2, 0.25) is 0 Å². The smallest absolute Gasteiger partial charge is 0.320 e. The van der Waals surface area contributed by atoms with Gasteiger partial charge in [0.1, 0.15) is 0 Å². The van der Waals surface area contributed by atoms with E-state index in [0.29, 0.717) is 11.7 Å². The lowest BCUT2D eigenvalue weighted by molar-refractivity contribution is -0.139. The maximum absolute atomic E-state index is 12.2. The summed E-state index contributed by atoms with van der Waals surface area (Å²) in [5, 5.41) is 23.1. The molecular weight excluding hydrogens is 360 g/mol. The van der Waals surface area contributed by atoms with E-state index in [1.54, 1.807) is 0 Å². The summed E-state index contributed by atoms with van der Waals surface area (Å²) in [7, 11) is 0. The van der Waals surface area contributed by atoms with Gasteiger partial charge in [0.05, 0.1) is 18.4 Å². The molecule has 2 fully saturated rings. The molecule has 0 saturated heterocycles. The zero-order valence-electron chi connectivity index (χ0n) is 15.5. The highest BCUT2D eigenvalue weighted by molar-refractivity contribution is 5.88. The standard InChI is InChI=1S/C19H24N6O3/c26-18(27)12-24(11-13-6-7-13)16-8-14(9-16)21-19(28)22-17-10-20-25(23-17)15-4-2-1-3-5-15/h1-5,10,13-14,16H,6-9,11-12H2,(H,26,27)(H2,21,22,23,28). The minimum absolute atomic E-state index is 0.0460. The van der Waals surface area contributed by atoms with Crippen molar-refractivity contribution in [2.45, 2.75) is 37.8 Å². The Morgan fingerprint density at radius 2 is 1.96 bits per heavy atom. The van der Waals surface area contributed by atoms with Gasteiger partial charge < -0.3 is 10.4 Å². The molecule has 9 nitrogen and oxygen atoms in total. The van der Waals surface area contributed by atoms with Crippen molar-refractivity contribution in [3.8, 4) is 5.69 Å². The van der Waals surface area contributed by atoms with Crippen LogP contribution in [-0.2, 0) is 4.79 Å². The monoisotopic (exact) mass is 384 g/mol. The molecule has 0 unspecified atom stereocenters. The van der Waals surface area contributed by atoms with E-state index in [-0.39, 0.29) is 24.7 Å². The van der Waals surface area contributed by atoms with Gasteiger partial charge in [-0.25, -0.2) is 4.79 Å². The summed E-state index contributed by atoms with van der Waals surface area (Å²) >= 11 is 0. The van der Waals surface area contributed by atoms with Crippen LogP contribution in [0.25, 0.3) is 5.69 Å². The molecule has 0 bridgehead atoms. The van der Waals surface area contributed by atoms with Gasteiger partial charge in [-0.1, -0.05) is 18.2 Å². The molecule has 0 aliphatic heterocycles. The first-order valence-corrected chi connectivity index (χ1v) is 9.58. The van der Waals surface area contributed by atoms with Crippen molar-refractivity contribution in [1.82, 2.24) is 25.2 Å². The van der Waals surface area contributed by atoms with Crippen LogP contribution in [0.3, 0.4) is 0 Å². The number of benzene rings is 1. The maximum atomic E-state index is 12.2. The molecule has 4 rings (SSSR count). The highest BCUT2D eigenvalue weighted by Gasteiger charge is 2.37. The summed E-state index contributed by atoms with van der Waals surface area (Å²) in [5.74, 6) is 0.219. The number of carboxylic acid groups (broad SMARTS) is 1. The number of aromatic nitrogens is 3. The maximum Gasteiger partial charge on any atom is 0.320 e. The average molecular weight is 384 g/mol. The predicted molar refractivity (Wildman–Crippen MR) is 102 cm³/mol. The summed E-state index contributed by atoms with van der Waals surface area (Å²) in [4.78, 5) is 26.8. The average Bonchev–Trinajstić information content (AvgIpc) is 3.33. The van der Waals surface area contributed by atoms with Crippen LogP contribution in [0.1, 0.15) is 25.7 Å². The Kier molecular flexibility index (Phi) is 5.25. The highest BCUT2D eigenvalue weighted by Crippen LogP contribution is 2.33. The van der Waals surface area contributed by atoms with Gasteiger partial charge in [-0.05, 0) is 43.7 Å². The molecule has 3 N–H and O–H groups in total. The second-order valence-electron chi connectivity index (χ2n) is 7.54. The lowest BCUT2D eigenvalue weighted by atomic mass is 9.85. The minimum atomic E-state index is -0.795. The van der Waals surface area contributed by atoms with Gasteiger partial charge in [0.25, 0.3) is 0 Å². The van der Waals surface area contributed by atoms with E-state index in [1.807, 2.05) is 35.2 Å². The first-order chi connectivity index (χ1) is 13.6. The molecule has 1 heterocycles. The fourth-order valence-electron chi connectivity index (χ4n) is 3.50. The largest absolute Gasteiger partial charge is 0.480 e. The third-order valence-corrected chi connectivity index (χ3v) is 5.21. The summed E-state index contributed by atoms with van der Waals surface area (Å²) in [6.45, 7) is 0.918. The topological polar surface area (TPSA) is 112 Å². The number of nitrogens with one attached hydrogen (secondary N) is 2. The SMILES string of the molecule is O=C(O)CN(CC1CC1)C1CC(NC(=O)Nc2cnn(-c3ccccc3)n2)C1. The number of carbonyl (C=O) groups excluding carboxylic acids is 1. The first kappa shape index (κ1) is 18.4. The zero-order valence-corrected chi connectivity index (χ0v) is 15.5. The molecule has 0 spiro atoms. The second-order valence-corrected chi connectivity index (χ2v) is 7.54. The molecule has 2 aliphatic carbocycles. The molecule has 2 saturated carbocycles. The van der Waals surface area contributed by atoms with Gasteiger partial charge in [-0.15, -0.1) is 9.90 Å². The number of carbonyl (C=O) groups is 2. The van der Waals surface area contributed by atoms with Crippen LogP contribution in [0, 0.1) is 5.92 Å². The Morgan fingerprint density at radius 1 is 1.21 bits per heavy atom. The summed E-state index contributed by atoms with van der Waals surface area (Å²) in [6, 6.07) is 9.39. The number of para-hydroxylation sites is 1. The fraction of sp³-hybridized carbons (Fsp3) is 0.474. The Morgan fingerprint density at radius 3 is 2.64 bits per heavy atom. The number of nitrogens with zero attached hydrogens (tertiary/aromatic N) is 4. The van der Waals surface area contributed by atoms with Crippen LogP contribution in [-0.4, -0.2) is 62.2 Å². The van der Waals surface area contributed by atoms with E-state index in [2.05, 4.69) is 20.8 Å². The van der Waals surface area contributed by atoms with Gasteiger partial charge >= 0.3 is 12.0 Å². The van der Waals surface area contributed by atoms with Crippen molar-refractivity contribution in [1.29, 1.82) is 0 Å². The van der Waals surface area contributed by atoms with Crippen molar-refractivity contribution in [3.05, 3.63) is 36.5 Å². The Hall–Kier alpha value is -2.94. The summed E-state index contributed by atoms with van der Waals surface area (Å²) < 4.78 is 0. The third-order valence-electron chi connectivity index (χ3n) is 5.21. The highest BCUT2D eigenvalue weighted by atomic mass is 16.4. The van der Waals surface area contributed by atoms with Crippen LogP contribution < -0.4 is 10.6 Å². The molecule has 2 amide bonds. The van der Waals surface area contributed by atoms with Crippen LogP contribution in [0.5, 0.6) is 0 Å². The van der Waals surface area contributed by atoms with Crippen molar-refractivity contribution < 1.29 is 14.7 Å². The molecule has 28 heavy (non-hydrogen) atoms. The van der Waals surface area contributed by atoms with Gasteiger partial charge in [0.2, 0.25) is 0 Å². The van der Waals surface area contributed by atoms with Crippen LogP contribution in [0.15, 0.2) is 36.5 Å². The zero-order chi connectivity index (χ0) is 19.5. The first-order valence-electron chi connectivity index (χ1n) is 9.58. The van der Waals surface area contributed by atoms with Crippen LogP contribution in [0.4, 0.5) is 10.6 Å². The van der Waals surface area contributed by atoms with E-state index in [0.717, 1.165) is 25.1 Å². The van der Waals surface area contributed by atoms with Gasteiger partial charge in [0, 0.05) is 18.6 Å². The number of anilines is 1. The summed E-state index contributed by atoms with van der Waals surface area (Å²) in [6.07, 6.45) is 5.42. The second kappa shape index (κ2) is 7.97. The van der Waals surface area contributed by atoms with E-state index in [4.69, 9.17) is 5.11 Å². The van der Waals surface area contributed by atoms with Crippen molar-refractivity contribution >= 4 is 17.8 Å². The molecular formula is C19H24N6O3. The summed E-state index contributed by atoms with van der Waals surface area (Å²) in [5.41, 5.74) is 0.812. The van der Waals surface area contributed by atoms with E-state index >= 15 is 0 Å². The quantitative estimate of drug-likeness (QED) is 0.639. The predicted octanol–water partition coefficient (Wildman–Crippen LogP) is 1.72. The number of hydrogen-bond acceptors (Lipinski definition) is 5. The van der Waals surface area contributed by atoms with Crippen molar-refractivity contribution in [2.24, 2.45) is 5.92 Å². The van der Waals surface area contributed by atoms with Gasteiger partial charge in [-0.3, -0.25) is 15.0 Å². The Labute approximate surface area is 162 Å². The Balaban J connectivity index is 1.24. The third kappa shape index (κ3) is 4.66. The molecule has 9 heteroatoms. The number of carboxylic acids is 1. The molecule has 1 aromatic carbocycles. The molecule has 0 radical (unpaired) electrons.